The molecule has 214 valence electrons. The van der Waals surface area contributed by atoms with Crippen LogP contribution in [0.25, 0.3) is 11.1 Å². The standard InChI is InChI=1S/C32H28F3N5O2/c33-25-4-1-5-27(15-25)42-29-9-8-26(18-38-29)39-31(41)30-28-14-23(7-6-22(28)3-2-11-37-30)24-13-21(16-36-17-24)19-40-12-10-32(34,35)20-40/h1,4-9,13-18H,2-3,10-12,19-20H2,(H,39,41). The average Bonchev–Trinajstić information content (AvgIpc) is 3.18. The van der Waals surface area contributed by atoms with Crippen molar-refractivity contribution in [2.24, 2.45) is 4.99 Å². The lowest BCUT2D eigenvalue weighted by Crippen LogP contribution is -2.25. The summed E-state index contributed by atoms with van der Waals surface area (Å²) in [5.74, 6) is -2.85. The molecule has 0 bridgehead atoms. The van der Waals surface area contributed by atoms with E-state index in [0.717, 1.165) is 40.7 Å². The maximum Gasteiger partial charge on any atom is 0.274 e. The maximum absolute atomic E-state index is 13.7. The third-order valence-corrected chi connectivity index (χ3v) is 7.25. The zero-order chi connectivity index (χ0) is 29.1. The van der Waals surface area contributed by atoms with E-state index in [2.05, 4.69) is 20.3 Å². The van der Waals surface area contributed by atoms with Gasteiger partial charge in [-0.1, -0.05) is 18.2 Å². The summed E-state index contributed by atoms with van der Waals surface area (Å²) >= 11 is 0. The number of nitrogens with zero attached hydrogens (tertiary/aromatic N) is 4. The number of aliphatic imine (C=N–C) groups is 1. The lowest BCUT2D eigenvalue weighted by atomic mass is 9.94. The Bertz CT molecular complexity index is 1640. The fourth-order valence-electron chi connectivity index (χ4n) is 5.22. The zero-order valence-corrected chi connectivity index (χ0v) is 22.7. The molecule has 1 amide bonds. The van der Waals surface area contributed by atoms with Gasteiger partial charge in [-0.3, -0.25) is 19.7 Å². The Morgan fingerprint density at radius 1 is 1.02 bits per heavy atom. The molecule has 0 unspecified atom stereocenters. The third-order valence-electron chi connectivity index (χ3n) is 7.25. The Morgan fingerprint density at radius 3 is 2.71 bits per heavy atom. The van der Waals surface area contributed by atoms with Crippen LogP contribution in [0.4, 0.5) is 18.9 Å². The van der Waals surface area contributed by atoms with E-state index in [1.165, 1.54) is 18.3 Å². The number of carbonyl (C=O) groups excluding carboxylic acids is 1. The van der Waals surface area contributed by atoms with E-state index in [4.69, 9.17) is 4.74 Å². The Morgan fingerprint density at radius 2 is 1.93 bits per heavy atom. The van der Waals surface area contributed by atoms with Crippen LogP contribution >= 0.6 is 0 Å². The first kappa shape index (κ1) is 27.6. The molecule has 2 aromatic heterocycles. The molecule has 0 spiro atoms. The largest absolute Gasteiger partial charge is 0.439 e. The van der Waals surface area contributed by atoms with Crippen LogP contribution in [0.5, 0.6) is 11.6 Å². The van der Waals surface area contributed by atoms with E-state index < -0.39 is 11.7 Å². The highest BCUT2D eigenvalue weighted by Crippen LogP contribution is 2.30. The van der Waals surface area contributed by atoms with Gasteiger partial charge in [0.1, 0.15) is 17.3 Å². The van der Waals surface area contributed by atoms with Crippen molar-refractivity contribution >= 4 is 17.3 Å². The Hall–Kier alpha value is -4.57. The number of aryl methyl sites for hydroxylation is 1. The van der Waals surface area contributed by atoms with Crippen molar-refractivity contribution in [1.29, 1.82) is 0 Å². The number of likely N-dealkylation sites (tertiary alicyclic amines) is 1. The van der Waals surface area contributed by atoms with Gasteiger partial charge < -0.3 is 10.1 Å². The normalized spacial score (nSPS) is 16.3. The summed E-state index contributed by atoms with van der Waals surface area (Å²) in [6.45, 7) is 1.02. The predicted molar refractivity (Wildman–Crippen MR) is 154 cm³/mol. The number of pyridine rings is 2. The zero-order valence-electron chi connectivity index (χ0n) is 22.7. The summed E-state index contributed by atoms with van der Waals surface area (Å²) in [7, 11) is 0. The quantitative estimate of drug-likeness (QED) is 0.282. The number of anilines is 1. The Kier molecular flexibility index (Phi) is 7.71. The molecule has 1 fully saturated rings. The highest BCUT2D eigenvalue weighted by Gasteiger charge is 2.37. The van der Waals surface area contributed by atoms with Crippen LogP contribution in [0.3, 0.4) is 0 Å². The van der Waals surface area contributed by atoms with Crippen LogP contribution in [0.2, 0.25) is 0 Å². The summed E-state index contributed by atoms with van der Waals surface area (Å²) < 4.78 is 46.3. The van der Waals surface area contributed by atoms with Crippen molar-refractivity contribution < 1.29 is 22.7 Å². The van der Waals surface area contributed by atoms with E-state index in [1.54, 1.807) is 41.6 Å². The van der Waals surface area contributed by atoms with Gasteiger partial charge >= 0.3 is 0 Å². The number of rotatable bonds is 7. The second-order valence-corrected chi connectivity index (χ2v) is 10.5. The molecule has 2 aliphatic heterocycles. The molecule has 1 saturated heterocycles. The molecule has 7 nitrogen and oxygen atoms in total. The number of nitrogens with one attached hydrogen (secondary N) is 1. The molecular formula is C32H28F3N5O2. The average molecular weight is 572 g/mol. The second kappa shape index (κ2) is 11.7. The number of aromatic nitrogens is 2. The molecule has 0 aliphatic carbocycles. The smallest absolute Gasteiger partial charge is 0.274 e. The maximum atomic E-state index is 13.7. The number of benzene rings is 2. The Labute approximate surface area is 241 Å². The fraction of sp³-hybridized carbons (Fsp3) is 0.250. The summed E-state index contributed by atoms with van der Waals surface area (Å²) in [6, 6.07) is 16.9. The van der Waals surface area contributed by atoms with Gasteiger partial charge in [-0.25, -0.2) is 18.2 Å². The summed E-state index contributed by atoms with van der Waals surface area (Å²) in [6.07, 6.45) is 6.37. The number of halogens is 3. The van der Waals surface area contributed by atoms with Crippen molar-refractivity contribution in [3.63, 3.8) is 0 Å². The minimum atomic E-state index is -2.65. The summed E-state index contributed by atoms with van der Waals surface area (Å²) in [4.78, 5) is 28.3. The van der Waals surface area contributed by atoms with Gasteiger partial charge in [-0.2, -0.15) is 0 Å². The highest BCUT2D eigenvalue weighted by atomic mass is 19.3. The van der Waals surface area contributed by atoms with E-state index in [1.807, 2.05) is 24.3 Å². The lowest BCUT2D eigenvalue weighted by molar-refractivity contribution is -0.110. The lowest BCUT2D eigenvalue weighted by Gasteiger charge is -2.16. The van der Waals surface area contributed by atoms with E-state index in [0.29, 0.717) is 36.8 Å². The van der Waals surface area contributed by atoms with E-state index in [-0.39, 0.29) is 24.8 Å². The number of hydrogen-bond acceptors (Lipinski definition) is 6. The fourth-order valence-corrected chi connectivity index (χ4v) is 5.22. The molecule has 2 aliphatic rings. The topological polar surface area (TPSA) is 79.7 Å². The van der Waals surface area contributed by atoms with Gasteiger partial charge in [0.15, 0.2) is 0 Å². The van der Waals surface area contributed by atoms with Crippen molar-refractivity contribution in [3.05, 3.63) is 102 Å². The number of hydrogen-bond donors (Lipinski definition) is 1. The minimum Gasteiger partial charge on any atom is -0.439 e. The van der Waals surface area contributed by atoms with Crippen molar-refractivity contribution in [3.8, 4) is 22.8 Å². The molecule has 4 heterocycles. The van der Waals surface area contributed by atoms with Crippen LogP contribution in [0.15, 0.2) is 84.2 Å². The van der Waals surface area contributed by atoms with E-state index in [9.17, 15) is 18.0 Å². The van der Waals surface area contributed by atoms with Crippen molar-refractivity contribution in [2.45, 2.75) is 31.7 Å². The van der Waals surface area contributed by atoms with Crippen LogP contribution < -0.4 is 10.1 Å². The molecule has 0 radical (unpaired) electrons. The molecule has 2 aromatic carbocycles. The number of ether oxygens (including phenoxy) is 1. The van der Waals surface area contributed by atoms with Gasteiger partial charge in [0.2, 0.25) is 5.88 Å². The first-order chi connectivity index (χ1) is 20.3. The predicted octanol–water partition coefficient (Wildman–Crippen LogP) is 6.29. The number of carbonyl (C=O) groups is 1. The molecule has 4 aromatic rings. The second-order valence-electron chi connectivity index (χ2n) is 10.5. The van der Waals surface area contributed by atoms with Crippen LogP contribution in [0, 0.1) is 5.82 Å². The molecule has 0 atom stereocenters. The van der Waals surface area contributed by atoms with Crippen molar-refractivity contribution in [2.75, 3.05) is 25.0 Å². The molecule has 6 rings (SSSR count). The van der Waals surface area contributed by atoms with Gasteiger partial charge in [0.25, 0.3) is 11.8 Å². The third kappa shape index (κ3) is 6.49. The number of amides is 1. The first-order valence-corrected chi connectivity index (χ1v) is 13.7. The number of alkyl halides is 2. The van der Waals surface area contributed by atoms with Crippen molar-refractivity contribution in [1.82, 2.24) is 14.9 Å². The highest BCUT2D eigenvalue weighted by molar-refractivity contribution is 6.49. The van der Waals surface area contributed by atoms with Gasteiger partial charge in [-0.05, 0) is 59.9 Å². The van der Waals surface area contributed by atoms with Crippen LogP contribution in [0.1, 0.15) is 29.5 Å². The van der Waals surface area contributed by atoms with Crippen LogP contribution in [-0.4, -0.2) is 52.0 Å². The van der Waals surface area contributed by atoms with Gasteiger partial charge in [0, 0.05) is 61.7 Å². The molecule has 0 saturated carbocycles. The van der Waals surface area contributed by atoms with Gasteiger partial charge in [-0.15, -0.1) is 0 Å². The van der Waals surface area contributed by atoms with E-state index >= 15 is 0 Å². The van der Waals surface area contributed by atoms with Crippen LogP contribution in [-0.2, 0) is 17.8 Å². The minimum absolute atomic E-state index is 0.127. The number of fused-ring (bicyclic) bond motifs is 1. The molecule has 1 N–H and O–H groups in total. The summed E-state index contributed by atoms with van der Waals surface area (Å²) in [5, 5.41) is 2.87. The monoisotopic (exact) mass is 571 g/mol. The molecular weight excluding hydrogens is 543 g/mol. The summed E-state index contributed by atoms with van der Waals surface area (Å²) in [5.41, 5.74) is 5.09. The Balaban J connectivity index is 1.19. The molecule has 10 heteroatoms. The first-order valence-electron chi connectivity index (χ1n) is 13.7. The van der Waals surface area contributed by atoms with Gasteiger partial charge in [0.05, 0.1) is 18.4 Å². The molecule has 42 heavy (non-hydrogen) atoms. The SMILES string of the molecule is O=C(Nc1ccc(Oc2cccc(F)c2)nc1)C1=NCCCc2ccc(-c3cncc(CN4CCC(F)(F)C4)c3)cc21.